The van der Waals surface area contributed by atoms with Crippen LogP contribution in [0.3, 0.4) is 0 Å². The van der Waals surface area contributed by atoms with Crippen LogP contribution in [0, 0.1) is 0 Å². The van der Waals surface area contributed by atoms with Gasteiger partial charge in [-0.2, -0.15) is 0 Å². The van der Waals surface area contributed by atoms with Gasteiger partial charge >= 0.3 is 0 Å². The first-order chi connectivity index (χ1) is 9.10. The largest absolute Gasteiger partial charge is 0.495 e. The van der Waals surface area contributed by atoms with Crippen molar-refractivity contribution in [2.45, 2.75) is 0 Å². The molecule has 1 aromatic carbocycles. The van der Waals surface area contributed by atoms with Crippen LogP contribution >= 0.6 is 0 Å². The molecule has 6 heteroatoms. The number of ether oxygens (including phenoxy) is 1. The van der Waals surface area contributed by atoms with Crippen LogP contribution in [0.4, 0.5) is 11.4 Å². The molecule has 0 aliphatic heterocycles. The van der Waals surface area contributed by atoms with Gasteiger partial charge in [0, 0.05) is 23.5 Å². The van der Waals surface area contributed by atoms with Crippen LogP contribution in [0.2, 0.25) is 0 Å². The summed E-state index contributed by atoms with van der Waals surface area (Å²) in [6.07, 6.45) is 1.42. The van der Waals surface area contributed by atoms with E-state index in [1.165, 1.54) is 25.4 Å². The molecule has 0 aliphatic carbocycles. The zero-order chi connectivity index (χ0) is 13.8. The van der Waals surface area contributed by atoms with Gasteiger partial charge in [0.15, 0.2) is 0 Å². The molecule has 0 unspecified atom stereocenters. The average molecular weight is 259 g/mol. The van der Waals surface area contributed by atoms with Gasteiger partial charge in [-0.1, -0.05) is 0 Å². The Morgan fingerprint density at radius 1 is 1.32 bits per heavy atom. The number of hydrogen-bond acceptors (Lipinski definition) is 4. The second-order valence-electron chi connectivity index (χ2n) is 3.85. The minimum atomic E-state index is -0.379. The molecular weight excluding hydrogens is 246 g/mol. The van der Waals surface area contributed by atoms with E-state index in [9.17, 15) is 9.59 Å². The van der Waals surface area contributed by atoms with Crippen molar-refractivity contribution in [2.75, 3.05) is 18.2 Å². The Balaban J connectivity index is 2.19. The maximum absolute atomic E-state index is 11.9. The number of anilines is 2. The molecule has 1 amide bonds. The van der Waals surface area contributed by atoms with Gasteiger partial charge in [-0.25, -0.2) is 0 Å². The van der Waals surface area contributed by atoms with Crippen molar-refractivity contribution in [3.05, 3.63) is 52.4 Å². The Hall–Kier alpha value is -2.76. The maximum Gasteiger partial charge on any atom is 0.255 e. The van der Waals surface area contributed by atoms with Crippen LogP contribution in [0.15, 0.2) is 41.3 Å². The second kappa shape index (κ2) is 5.26. The molecule has 0 bridgehead atoms. The Labute approximate surface area is 109 Å². The van der Waals surface area contributed by atoms with Crippen LogP contribution in [0.1, 0.15) is 10.4 Å². The van der Waals surface area contributed by atoms with Gasteiger partial charge in [0.2, 0.25) is 5.56 Å². The molecule has 6 nitrogen and oxygen atoms in total. The molecule has 4 N–H and O–H groups in total. The molecule has 0 aliphatic rings. The number of nitrogen functional groups attached to an aromatic ring is 1. The lowest BCUT2D eigenvalue weighted by molar-refractivity contribution is 0.102. The predicted octanol–water partition coefficient (Wildman–Crippen LogP) is 1.22. The number of nitrogens with two attached hydrogens (primary N) is 1. The number of amides is 1. The number of methoxy groups -OCH3 is 1. The zero-order valence-electron chi connectivity index (χ0n) is 10.3. The predicted molar refractivity (Wildman–Crippen MR) is 72.4 cm³/mol. The van der Waals surface area contributed by atoms with Gasteiger partial charge in [-0.05, 0) is 24.3 Å². The molecule has 0 atom stereocenters. The van der Waals surface area contributed by atoms with E-state index in [0.29, 0.717) is 17.1 Å². The van der Waals surface area contributed by atoms with E-state index >= 15 is 0 Å². The van der Waals surface area contributed by atoms with E-state index in [2.05, 4.69) is 10.3 Å². The van der Waals surface area contributed by atoms with E-state index in [4.69, 9.17) is 10.5 Å². The van der Waals surface area contributed by atoms with E-state index in [1.807, 2.05) is 0 Å². The number of aromatic amines is 1. The van der Waals surface area contributed by atoms with Crippen LogP contribution in [-0.4, -0.2) is 18.0 Å². The number of pyridine rings is 1. The topological polar surface area (TPSA) is 97.2 Å². The van der Waals surface area contributed by atoms with Crippen molar-refractivity contribution in [3.8, 4) is 5.75 Å². The van der Waals surface area contributed by atoms with Gasteiger partial charge in [0.1, 0.15) is 5.75 Å². The summed E-state index contributed by atoms with van der Waals surface area (Å²) in [5.74, 6) is 0.157. The molecule has 0 fully saturated rings. The van der Waals surface area contributed by atoms with Gasteiger partial charge in [0.25, 0.3) is 5.91 Å². The fraction of sp³-hybridized carbons (Fsp3) is 0.0769. The van der Waals surface area contributed by atoms with Crippen molar-refractivity contribution >= 4 is 17.3 Å². The highest BCUT2D eigenvalue weighted by Gasteiger charge is 2.07. The SMILES string of the molecule is COc1ccc(NC(=O)c2cc[nH]c(=O)c2)cc1N. The van der Waals surface area contributed by atoms with E-state index < -0.39 is 0 Å². The first-order valence-electron chi connectivity index (χ1n) is 5.54. The molecule has 2 rings (SSSR count). The average Bonchev–Trinajstić information content (AvgIpc) is 2.39. The molecule has 0 saturated carbocycles. The number of hydrogen-bond donors (Lipinski definition) is 3. The highest BCUT2D eigenvalue weighted by Crippen LogP contribution is 2.24. The molecule has 1 aromatic heterocycles. The Kier molecular flexibility index (Phi) is 3.51. The van der Waals surface area contributed by atoms with Crippen LogP contribution in [0.5, 0.6) is 5.75 Å². The van der Waals surface area contributed by atoms with Gasteiger partial charge < -0.3 is 20.8 Å². The molecular formula is C13H13N3O3. The third-order valence-corrected chi connectivity index (χ3v) is 2.52. The number of H-pyrrole nitrogens is 1. The van der Waals surface area contributed by atoms with Crippen LogP contribution < -0.4 is 21.3 Å². The first-order valence-corrected chi connectivity index (χ1v) is 5.54. The summed E-state index contributed by atoms with van der Waals surface area (Å²) in [4.78, 5) is 25.5. The molecule has 2 aromatic rings. The first kappa shape index (κ1) is 12.7. The summed E-state index contributed by atoms with van der Waals surface area (Å²) in [7, 11) is 1.51. The lowest BCUT2D eigenvalue weighted by Crippen LogP contribution is -2.15. The number of benzene rings is 1. The van der Waals surface area contributed by atoms with Crippen LogP contribution in [0.25, 0.3) is 0 Å². The summed E-state index contributed by atoms with van der Waals surface area (Å²) < 4.78 is 5.02. The molecule has 0 spiro atoms. The fourth-order valence-corrected chi connectivity index (χ4v) is 1.60. The normalized spacial score (nSPS) is 9.95. The van der Waals surface area contributed by atoms with E-state index in [1.54, 1.807) is 18.2 Å². The summed E-state index contributed by atoms with van der Waals surface area (Å²) in [6, 6.07) is 7.65. The summed E-state index contributed by atoms with van der Waals surface area (Å²) in [6.45, 7) is 0. The number of rotatable bonds is 3. The third-order valence-electron chi connectivity index (χ3n) is 2.52. The number of carbonyl (C=O) groups is 1. The minimum absolute atomic E-state index is 0.276. The summed E-state index contributed by atoms with van der Waals surface area (Å²) >= 11 is 0. The Morgan fingerprint density at radius 3 is 2.74 bits per heavy atom. The highest BCUT2D eigenvalue weighted by atomic mass is 16.5. The van der Waals surface area contributed by atoms with Crippen molar-refractivity contribution in [1.82, 2.24) is 4.98 Å². The van der Waals surface area contributed by atoms with E-state index in [-0.39, 0.29) is 17.0 Å². The highest BCUT2D eigenvalue weighted by molar-refractivity contribution is 6.04. The second-order valence-corrected chi connectivity index (χ2v) is 3.85. The molecule has 0 saturated heterocycles. The Bertz CT molecular complexity index is 664. The lowest BCUT2D eigenvalue weighted by atomic mass is 10.2. The minimum Gasteiger partial charge on any atom is -0.495 e. The monoisotopic (exact) mass is 259 g/mol. The third kappa shape index (κ3) is 2.92. The summed E-state index contributed by atoms with van der Waals surface area (Å²) in [5, 5.41) is 2.65. The van der Waals surface area contributed by atoms with Crippen molar-refractivity contribution < 1.29 is 9.53 Å². The van der Waals surface area contributed by atoms with Gasteiger partial charge in [0.05, 0.1) is 12.8 Å². The van der Waals surface area contributed by atoms with Crippen molar-refractivity contribution in [3.63, 3.8) is 0 Å². The van der Waals surface area contributed by atoms with Gasteiger partial charge in [-0.3, -0.25) is 9.59 Å². The van der Waals surface area contributed by atoms with Crippen LogP contribution in [-0.2, 0) is 0 Å². The molecule has 1 heterocycles. The van der Waals surface area contributed by atoms with Crippen molar-refractivity contribution in [1.29, 1.82) is 0 Å². The van der Waals surface area contributed by atoms with E-state index in [0.717, 1.165) is 0 Å². The Morgan fingerprint density at radius 2 is 2.11 bits per heavy atom. The van der Waals surface area contributed by atoms with Crippen molar-refractivity contribution in [2.24, 2.45) is 0 Å². The van der Waals surface area contributed by atoms with Gasteiger partial charge in [-0.15, -0.1) is 0 Å². The molecule has 0 radical (unpaired) electrons. The summed E-state index contributed by atoms with van der Waals surface area (Å²) in [5.41, 5.74) is 6.64. The lowest BCUT2D eigenvalue weighted by Gasteiger charge is -2.08. The smallest absolute Gasteiger partial charge is 0.255 e. The molecule has 19 heavy (non-hydrogen) atoms. The number of nitrogens with one attached hydrogen (secondary N) is 2. The number of carbonyl (C=O) groups excluding carboxylic acids is 1. The fourth-order valence-electron chi connectivity index (χ4n) is 1.60. The number of aromatic nitrogens is 1. The zero-order valence-corrected chi connectivity index (χ0v) is 10.3. The quantitative estimate of drug-likeness (QED) is 0.722. The maximum atomic E-state index is 11.9. The standard InChI is InChI=1S/C13H13N3O3/c1-19-11-3-2-9(7-10(11)14)16-13(18)8-4-5-15-12(17)6-8/h2-7H,14H2,1H3,(H,15,17)(H,16,18). The molecule has 98 valence electrons.